The van der Waals surface area contributed by atoms with Gasteiger partial charge in [-0.05, 0) is 43.7 Å². The van der Waals surface area contributed by atoms with Crippen molar-refractivity contribution in [3.05, 3.63) is 41.2 Å². The van der Waals surface area contributed by atoms with E-state index >= 15 is 0 Å². The third-order valence-corrected chi connectivity index (χ3v) is 6.83. The highest BCUT2D eigenvalue weighted by Crippen LogP contribution is 2.36. The SMILES string of the molecule is COc1ccc(CNC2CCC(c3c(C4=NSCC4)cnn3C)CC2)c(OC)c1. The predicted molar refractivity (Wildman–Crippen MR) is 118 cm³/mol. The molecule has 1 aliphatic heterocycles. The maximum absolute atomic E-state index is 5.53. The fourth-order valence-corrected chi connectivity index (χ4v) is 5.19. The van der Waals surface area contributed by atoms with Crippen molar-refractivity contribution in [3.8, 4) is 11.5 Å². The Bertz CT molecular complexity index is 872. The number of benzene rings is 1. The lowest BCUT2D eigenvalue weighted by molar-refractivity contribution is 0.330. The first-order chi connectivity index (χ1) is 14.2. The van der Waals surface area contributed by atoms with Gasteiger partial charge in [-0.1, -0.05) is 6.07 Å². The lowest BCUT2D eigenvalue weighted by Crippen LogP contribution is -2.33. The third kappa shape index (κ3) is 4.46. The number of hydrogen-bond acceptors (Lipinski definition) is 6. The van der Waals surface area contributed by atoms with Gasteiger partial charge in [0.05, 0.1) is 31.8 Å². The molecule has 1 aliphatic carbocycles. The average molecular weight is 415 g/mol. The number of nitrogens with zero attached hydrogens (tertiary/aromatic N) is 3. The van der Waals surface area contributed by atoms with Crippen LogP contribution in [0.5, 0.6) is 11.5 Å². The number of rotatable bonds is 7. The van der Waals surface area contributed by atoms with Gasteiger partial charge in [-0.2, -0.15) is 5.10 Å². The summed E-state index contributed by atoms with van der Waals surface area (Å²) in [7, 11) is 5.46. The van der Waals surface area contributed by atoms with Crippen molar-refractivity contribution in [1.82, 2.24) is 15.1 Å². The van der Waals surface area contributed by atoms with Crippen LogP contribution in [0.1, 0.15) is 54.8 Å². The average Bonchev–Trinajstić information content (AvgIpc) is 3.42. The number of aromatic nitrogens is 2. The van der Waals surface area contributed by atoms with E-state index in [1.165, 1.54) is 48.2 Å². The van der Waals surface area contributed by atoms with Crippen molar-refractivity contribution in [2.75, 3.05) is 20.0 Å². The Morgan fingerprint density at radius 2 is 2.00 bits per heavy atom. The predicted octanol–water partition coefficient (Wildman–Crippen LogP) is 4.09. The maximum Gasteiger partial charge on any atom is 0.127 e. The second kappa shape index (κ2) is 9.22. The van der Waals surface area contributed by atoms with Gasteiger partial charge in [0.2, 0.25) is 0 Å². The maximum atomic E-state index is 5.53. The van der Waals surface area contributed by atoms with Crippen molar-refractivity contribution in [2.45, 2.75) is 50.6 Å². The molecule has 1 saturated carbocycles. The van der Waals surface area contributed by atoms with Crippen molar-refractivity contribution < 1.29 is 9.47 Å². The Balaban J connectivity index is 1.36. The lowest BCUT2D eigenvalue weighted by Gasteiger charge is -2.30. The van der Waals surface area contributed by atoms with Crippen LogP contribution >= 0.6 is 11.9 Å². The molecule has 2 heterocycles. The van der Waals surface area contributed by atoms with Crippen LogP contribution in [-0.2, 0) is 13.6 Å². The first kappa shape index (κ1) is 20.3. The minimum atomic E-state index is 0.536. The highest BCUT2D eigenvalue weighted by atomic mass is 32.2. The monoisotopic (exact) mass is 414 g/mol. The van der Waals surface area contributed by atoms with Crippen LogP contribution in [0, 0.1) is 0 Å². The molecule has 0 atom stereocenters. The molecule has 1 fully saturated rings. The van der Waals surface area contributed by atoms with Gasteiger partial charge >= 0.3 is 0 Å². The zero-order valence-corrected chi connectivity index (χ0v) is 18.3. The number of hydrogen-bond donors (Lipinski definition) is 1. The van der Waals surface area contributed by atoms with Crippen molar-refractivity contribution in [3.63, 3.8) is 0 Å². The summed E-state index contributed by atoms with van der Waals surface area (Å²) >= 11 is 1.67. The van der Waals surface area contributed by atoms with Gasteiger partial charge in [-0.15, -0.1) is 0 Å². The molecule has 1 N–H and O–H groups in total. The van der Waals surface area contributed by atoms with E-state index in [0.29, 0.717) is 12.0 Å². The summed E-state index contributed by atoms with van der Waals surface area (Å²) in [5.74, 6) is 3.36. The zero-order chi connectivity index (χ0) is 20.2. The van der Waals surface area contributed by atoms with Crippen LogP contribution < -0.4 is 14.8 Å². The summed E-state index contributed by atoms with van der Waals surface area (Å²) in [6.07, 6.45) is 7.79. The molecule has 0 saturated heterocycles. The van der Waals surface area contributed by atoms with Crippen LogP contribution in [0.3, 0.4) is 0 Å². The van der Waals surface area contributed by atoms with Gasteiger partial charge in [-0.25, -0.2) is 4.40 Å². The molecule has 0 spiro atoms. The molecular weight excluding hydrogens is 384 g/mol. The second-order valence-corrected chi connectivity index (χ2v) is 8.64. The molecular formula is C22H30N4O2S. The zero-order valence-electron chi connectivity index (χ0n) is 17.5. The summed E-state index contributed by atoms with van der Waals surface area (Å²) < 4.78 is 17.5. The molecule has 7 heteroatoms. The quantitative estimate of drug-likeness (QED) is 0.692. The van der Waals surface area contributed by atoms with Gasteiger partial charge in [0.25, 0.3) is 0 Å². The van der Waals surface area contributed by atoms with Crippen molar-refractivity contribution in [2.24, 2.45) is 11.4 Å². The van der Waals surface area contributed by atoms with E-state index in [1.54, 1.807) is 26.2 Å². The summed E-state index contributed by atoms with van der Waals surface area (Å²) in [5, 5.41) is 8.28. The van der Waals surface area contributed by atoms with Crippen LogP contribution in [0.4, 0.5) is 0 Å². The fourth-order valence-electron chi connectivity index (χ4n) is 4.47. The van der Waals surface area contributed by atoms with E-state index < -0.39 is 0 Å². The van der Waals surface area contributed by atoms with E-state index in [1.807, 2.05) is 18.3 Å². The molecule has 0 radical (unpaired) electrons. The molecule has 156 valence electrons. The van der Waals surface area contributed by atoms with E-state index in [4.69, 9.17) is 9.47 Å². The third-order valence-electron chi connectivity index (χ3n) is 6.09. The number of methoxy groups -OCH3 is 2. The number of aryl methyl sites for hydroxylation is 1. The summed E-state index contributed by atoms with van der Waals surface area (Å²) in [5.41, 5.74) is 5.05. The van der Waals surface area contributed by atoms with Crippen molar-refractivity contribution >= 4 is 17.7 Å². The van der Waals surface area contributed by atoms with Gasteiger partial charge in [0.15, 0.2) is 0 Å². The Kier molecular flexibility index (Phi) is 6.45. The first-order valence-electron chi connectivity index (χ1n) is 10.3. The summed E-state index contributed by atoms with van der Waals surface area (Å²) in [6.45, 7) is 0.813. The lowest BCUT2D eigenvalue weighted by atomic mass is 9.82. The molecule has 1 aromatic heterocycles. The van der Waals surface area contributed by atoms with E-state index in [-0.39, 0.29) is 0 Å². The molecule has 0 amide bonds. The molecule has 4 rings (SSSR count). The van der Waals surface area contributed by atoms with Crippen LogP contribution in [0.15, 0.2) is 28.8 Å². The molecule has 2 aromatic rings. The van der Waals surface area contributed by atoms with Gasteiger partial charge < -0.3 is 14.8 Å². The highest BCUT2D eigenvalue weighted by Gasteiger charge is 2.28. The Morgan fingerprint density at radius 1 is 1.17 bits per heavy atom. The van der Waals surface area contributed by atoms with Gasteiger partial charge in [-0.3, -0.25) is 4.68 Å². The van der Waals surface area contributed by atoms with Gasteiger partial charge in [0, 0.05) is 54.9 Å². The Labute approximate surface area is 177 Å². The molecule has 6 nitrogen and oxygen atoms in total. The standard InChI is InChI=1S/C22H30N4O2S/c1-26-22(19(14-24-26)20-10-11-29-25-20)15-4-7-17(8-5-15)23-13-16-6-9-18(27-2)12-21(16)28-3/h6,9,12,14-15,17,23H,4-5,7-8,10-11,13H2,1-3H3. The Morgan fingerprint density at radius 3 is 2.69 bits per heavy atom. The number of nitrogens with one attached hydrogen (secondary N) is 1. The normalized spacial score (nSPS) is 21.8. The van der Waals surface area contributed by atoms with Gasteiger partial charge in [0.1, 0.15) is 11.5 Å². The highest BCUT2D eigenvalue weighted by molar-refractivity contribution is 7.98. The molecule has 0 bridgehead atoms. The molecule has 0 unspecified atom stereocenters. The van der Waals surface area contributed by atoms with E-state index in [9.17, 15) is 0 Å². The van der Waals surface area contributed by atoms with Crippen LogP contribution in [-0.4, -0.2) is 41.5 Å². The summed E-state index contributed by atoms with van der Waals surface area (Å²) in [6, 6.07) is 6.55. The van der Waals surface area contributed by atoms with Crippen LogP contribution in [0.25, 0.3) is 0 Å². The molecule has 1 aromatic carbocycles. The Hall–Kier alpha value is -1.99. The molecule has 29 heavy (non-hydrogen) atoms. The minimum absolute atomic E-state index is 0.536. The largest absolute Gasteiger partial charge is 0.497 e. The summed E-state index contributed by atoms with van der Waals surface area (Å²) in [4.78, 5) is 0. The fraction of sp³-hybridized carbons (Fsp3) is 0.545. The smallest absolute Gasteiger partial charge is 0.127 e. The molecule has 2 aliphatic rings. The number of ether oxygens (including phenoxy) is 2. The second-order valence-electron chi connectivity index (χ2n) is 7.80. The topological polar surface area (TPSA) is 60.7 Å². The van der Waals surface area contributed by atoms with E-state index in [0.717, 1.165) is 30.2 Å². The van der Waals surface area contributed by atoms with Crippen molar-refractivity contribution in [1.29, 1.82) is 0 Å². The van der Waals surface area contributed by atoms with E-state index in [2.05, 4.69) is 32.6 Å². The van der Waals surface area contributed by atoms with Crippen LogP contribution in [0.2, 0.25) is 0 Å². The first-order valence-corrected chi connectivity index (χ1v) is 11.3. The minimum Gasteiger partial charge on any atom is -0.497 e.